The molecular formula is C10H13BrN2O. The number of hydrogen-bond acceptors (Lipinski definition) is 3. The number of nitrogens with zero attached hydrogens (tertiary/aromatic N) is 1. The van der Waals surface area contributed by atoms with Gasteiger partial charge in [0.15, 0.2) is 0 Å². The molecule has 1 aromatic heterocycles. The van der Waals surface area contributed by atoms with Crippen LogP contribution in [0.3, 0.4) is 0 Å². The lowest BCUT2D eigenvalue weighted by Gasteiger charge is -2.10. The van der Waals surface area contributed by atoms with E-state index in [9.17, 15) is 0 Å². The third kappa shape index (κ3) is 2.69. The van der Waals surface area contributed by atoms with Gasteiger partial charge in [0, 0.05) is 24.7 Å². The monoisotopic (exact) mass is 256 g/mol. The topological polar surface area (TPSA) is 34.1 Å². The van der Waals surface area contributed by atoms with Gasteiger partial charge in [0.25, 0.3) is 0 Å². The van der Waals surface area contributed by atoms with Gasteiger partial charge in [0.1, 0.15) is 10.4 Å². The van der Waals surface area contributed by atoms with E-state index in [1.165, 1.54) is 6.42 Å². The first-order valence-electron chi connectivity index (χ1n) is 4.79. The minimum atomic E-state index is 0.655. The van der Waals surface area contributed by atoms with Gasteiger partial charge in [-0.1, -0.05) is 0 Å². The van der Waals surface area contributed by atoms with Gasteiger partial charge in [-0.3, -0.25) is 0 Å². The highest BCUT2D eigenvalue weighted by Crippen LogP contribution is 2.17. The number of aromatic nitrogens is 1. The van der Waals surface area contributed by atoms with Crippen molar-refractivity contribution in [2.75, 3.05) is 19.7 Å². The van der Waals surface area contributed by atoms with E-state index in [0.29, 0.717) is 5.92 Å². The molecule has 1 saturated heterocycles. The van der Waals surface area contributed by atoms with Crippen molar-refractivity contribution in [2.45, 2.75) is 6.42 Å². The van der Waals surface area contributed by atoms with Crippen molar-refractivity contribution in [2.24, 2.45) is 5.92 Å². The van der Waals surface area contributed by atoms with Crippen molar-refractivity contribution >= 4 is 15.9 Å². The molecule has 2 rings (SSSR count). The summed E-state index contributed by atoms with van der Waals surface area (Å²) >= 11 is 3.31. The second kappa shape index (κ2) is 4.75. The minimum absolute atomic E-state index is 0.655. The Morgan fingerprint density at radius 2 is 2.57 bits per heavy atom. The molecule has 0 saturated carbocycles. The van der Waals surface area contributed by atoms with Crippen LogP contribution in [-0.4, -0.2) is 24.7 Å². The highest BCUT2D eigenvalue weighted by atomic mass is 79.9. The van der Waals surface area contributed by atoms with Gasteiger partial charge >= 0.3 is 0 Å². The molecular weight excluding hydrogens is 244 g/mol. The summed E-state index contributed by atoms with van der Waals surface area (Å²) in [5, 5.41) is 3.32. The van der Waals surface area contributed by atoms with Gasteiger partial charge in [-0.05, 0) is 35.0 Å². The molecule has 1 aliphatic rings. The maximum Gasteiger partial charge on any atom is 0.123 e. The SMILES string of the molecule is Brc1cc(OC[C@@H]2CCNC2)ccn1. The standard InChI is InChI=1S/C10H13BrN2O/c11-10-5-9(2-4-13-10)14-7-8-1-3-12-6-8/h2,4-5,8,12H,1,3,6-7H2/t8-/m1/s1. The van der Waals surface area contributed by atoms with Gasteiger partial charge in [0.05, 0.1) is 6.61 Å². The maximum absolute atomic E-state index is 5.66. The van der Waals surface area contributed by atoms with Crippen LogP contribution >= 0.6 is 15.9 Å². The van der Waals surface area contributed by atoms with E-state index < -0.39 is 0 Å². The molecule has 1 N–H and O–H groups in total. The quantitative estimate of drug-likeness (QED) is 0.839. The zero-order chi connectivity index (χ0) is 9.80. The van der Waals surface area contributed by atoms with Crippen LogP contribution in [0.2, 0.25) is 0 Å². The summed E-state index contributed by atoms with van der Waals surface area (Å²) in [6, 6.07) is 3.77. The molecule has 0 aliphatic carbocycles. The Morgan fingerprint density at radius 3 is 3.29 bits per heavy atom. The maximum atomic E-state index is 5.66. The van der Waals surface area contributed by atoms with Gasteiger partial charge in [-0.25, -0.2) is 4.98 Å². The predicted octanol–water partition coefficient (Wildman–Crippen LogP) is 1.83. The lowest BCUT2D eigenvalue weighted by atomic mass is 10.1. The van der Waals surface area contributed by atoms with Crippen molar-refractivity contribution in [3.05, 3.63) is 22.9 Å². The molecule has 0 spiro atoms. The summed E-state index contributed by atoms with van der Waals surface area (Å²) in [6.07, 6.45) is 2.96. The van der Waals surface area contributed by atoms with Crippen molar-refractivity contribution in [1.82, 2.24) is 10.3 Å². The fraction of sp³-hybridized carbons (Fsp3) is 0.500. The Labute approximate surface area is 92.0 Å². The Balaban J connectivity index is 1.85. The van der Waals surface area contributed by atoms with E-state index in [-0.39, 0.29) is 0 Å². The Morgan fingerprint density at radius 1 is 1.64 bits per heavy atom. The van der Waals surface area contributed by atoms with Crippen molar-refractivity contribution in [3.63, 3.8) is 0 Å². The third-order valence-electron chi connectivity index (χ3n) is 2.35. The molecule has 3 nitrogen and oxygen atoms in total. The van der Waals surface area contributed by atoms with Crippen molar-refractivity contribution in [3.8, 4) is 5.75 Å². The molecule has 0 amide bonds. The Bertz CT molecular complexity index is 300. The number of hydrogen-bond donors (Lipinski definition) is 1. The molecule has 0 bridgehead atoms. The van der Waals surface area contributed by atoms with Crippen LogP contribution in [0.4, 0.5) is 0 Å². The molecule has 4 heteroatoms. The van der Waals surface area contributed by atoms with E-state index >= 15 is 0 Å². The smallest absolute Gasteiger partial charge is 0.123 e. The Hall–Kier alpha value is -0.610. The highest BCUT2D eigenvalue weighted by Gasteiger charge is 2.14. The zero-order valence-electron chi connectivity index (χ0n) is 7.87. The van der Waals surface area contributed by atoms with Crippen LogP contribution in [-0.2, 0) is 0 Å². The molecule has 0 radical (unpaired) electrons. The minimum Gasteiger partial charge on any atom is -0.493 e. The molecule has 0 aromatic carbocycles. The lowest BCUT2D eigenvalue weighted by molar-refractivity contribution is 0.259. The first kappa shape index (κ1) is 9.93. The fourth-order valence-electron chi connectivity index (χ4n) is 1.55. The molecule has 76 valence electrons. The van der Waals surface area contributed by atoms with Crippen LogP contribution in [0.1, 0.15) is 6.42 Å². The number of halogens is 1. The molecule has 1 atom stereocenters. The van der Waals surface area contributed by atoms with Crippen molar-refractivity contribution < 1.29 is 4.74 Å². The van der Waals surface area contributed by atoms with E-state index in [4.69, 9.17) is 4.74 Å². The molecule has 1 aliphatic heterocycles. The summed E-state index contributed by atoms with van der Waals surface area (Å²) in [7, 11) is 0. The molecule has 2 heterocycles. The number of rotatable bonds is 3. The summed E-state index contributed by atoms with van der Waals surface area (Å²) < 4.78 is 6.48. The van der Waals surface area contributed by atoms with Crippen LogP contribution < -0.4 is 10.1 Å². The van der Waals surface area contributed by atoms with Gasteiger partial charge in [-0.2, -0.15) is 0 Å². The number of ether oxygens (including phenoxy) is 1. The highest BCUT2D eigenvalue weighted by molar-refractivity contribution is 9.10. The van der Waals surface area contributed by atoms with Crippen LogP contribution in [0.25, 0.3) is 0 Å². The van der Waals surface area contributed by atoms with Gasteiger partial charge in [0.2, 0.25) is 0 Å². The third-order valence-corrected chi connectivity index (χ3v) is 2.78. The second-order valence-corrected chi connectivity index (χ2v) is 4.30. The predicted molar refractivity (Wildman–Crippen MR) is 58.4 cm³/mol. The van der Waals surface area contributed by atoms with Crippen molar-refractivity contribution in [1.29, 1.82) is 0 Å². The van der Waals surface area contributed by atoms with Crippen LogP contribution in [0.15, 0.2) is 22.9 Å². The lowest BCUT2D eigenvalue weighted by Crippen LogP contribution is -2.15. The van der Waals surface area contributed by atoms with E-state index in [2.05, 4.69) is 26.2 Å². The molecule has 1 fully saturated rings. The van der Waals surface area contributed by atoms with E-state index in [1.807, 2.05) is 12.1 Å². The number of pyridine rings is 1. The first-order valence-corrected chi connectivity index (χ1v) is 5.59. The normalized spacial score (nSPS) is 21.1. The summed E-state index contributed by atoms with van der Waals surface area (Å²) in [6.45, 7) is 2.99. The average Bonchev–Trinajstić information content (AvgIpc) is 2.67. The van der Waals surface area contributed by atoms with Gasteiger partial charge < -0.3 is 10.1 Å². The molecule has 0 unspecified atom stereocenters. The summed E-state index contributed by atoms with van der Waals surface area (Å²) in [5.74, 6) is 1.54. The summed E-state index contributed by atoms with van der Waals surface area (Å²) in [5.41, 5.74) is 0. The first-order chi connectivity index (χ1) is 6.84. The summed E-state index contributed by atoms with van der Waals surface area (Å²) in [4.78, 5) is 4.04. The Kier molecular flexibility index (Phi) is 3.37. The van der Waals surface area contributed by atoms with Crippen LogP contribution in [0, 0.1) is 5.92 Å². The van der Waals surface area contributed by atoms with E-state index in [0.717, 1.165) is 30.0 Å². The molecule has 1 aromatic rings. The fourth-order valence-corrected chi connectivity index (χ4v) is 1.89. The second-order valence-electron chi connectivity index (χ2n) is 3.48. The number of nitrogens with one attached hydrogen (secondary N) is 1. The largest absolute Gasteiger partial charge is 0.493 e. The van der Waals surface area contributed by atoms with Gasteiger partial charge in [-0.15, -0.1) is 0 Å². The van der Waals surface area contributed by atoms with E-state index in [1.54, 1.807) is 6.20 Å². The zero-order valence-corrected chi connectivity index (χ0v) is 9.46. The van der Waals surface area contributed by atoms with Crippen LogP contribution in [0.5, 0.6) is 5.75 Å². The molecule has 14 heavy (non-hydrogen) atoms. The average molecular weight is 257 g/mol.